The SMILES string of the molecule is CC(=O)c1sc(N(C)CC2CCOCC2)nc1C(=O)O. The number of hydrogen-bond acceptors (Lipinski definition) is 6. The standard InChI is InChI=1S/C13H18N2O4S/c1-8(16)11-10(12(17)18)14-13(20-11)15(2)7-9-3-5-19-6-4-9/h9H,3-7H2,1-2H3,(H,17,18). The summed E-state index contributed by atoms with van der Waals surface area (Å²) in [6, 6.07) is 0. The molecule has 1 saturated heterocycles. The number of ketones is 1. The van der Waals surface area contributed by atoms with Gasteiger partial charge in [0.15, 0.2) is 16.6 Å². The number of aromatic carboxylic acids is 1. The Morgan fingerprint density at radius 3 is 2.60 bits per heavy atom. The van der Waals surface area contributed by atoms with Crippen molar-refractivity contribution >= 4 is 28.2 Å². The lowest BCUT2D eigenvalue weighted by molar-refractivity contribution is 0.0685. The highest BCUT2D eigenvalue weighted by molar-refractivity contribution is 7.17. The topological polar surface area (TPSA) is 79.7 Å². The van der Waals surface area contributed by atoms with Crippen LogP contribution in [-0.2, 0) is 4.74 Å². The first-order valence-corrected chi connectivity index (χ1v) is 7.34. The summed E-state index contributed by atoms with van der Waals surface area (Å²) >= 11 is 1.15. The van der Waals surface area contributed by atoms with Crippen LogP contribution in [0.4, 0.5) is 5.13 Å². The lowest BCUT2D eigenvalue weighted by atomic mass is 10.0. The maximum Gasteiger partial charge on any atom is 0.356 e. The van der Waals surface area contributed by atoms with E-state index < -0.39 is 5.97 Å². The Hall–Kier alpha value is -1.47. The predicted molar refractivity (Wildman–Crippen MR) is 75.9 cm³/mol. The molecule has 1 aromatic rings. The average molecular weight is 298 g/mol. The Bertz CT molecular complexity index is 477. The van der Waals surface area contributed by atoms with E-state index >= 15 is 0 Å². The zero-order chi connectivity index (χ0) is 14.7. The molecule has 1 aromatic heterocycles. The van der Waals surface area contributed by atoms with Crippen LogP contribution in [0, 0.1) is 5.92 Å². The third-order valence-electron chi connectivity index (χ3n) is 3.34. The molecule has 0 radical (unpaired) electrons. The van der Waals surface area contributed by atoms with Crippen LogP contribution in [0.1, 0.15) is 39.9 Å². The second kappa shape index (κ2) is 6.32. The molecule has 0 aliphatic carbocycles. The molecule has 0 bridgehead atoms. The van der Waals surface area contributed by atoms with Gasteiger partial charge in [-0.1, -0.05) is 11.3 Å². The Morgan fingerprint density at radius 1 is 1.45 bits per heavy atom. The molecular weight excluding hydrogens is 280 g/mol. The lowest BCUT2D eigenvalue weighted by Gasteiger charge is -2.26. The van der Waals surface area contributed by atoms with E-state index in [9.17, 15) is 9.59 Å². The van der Waals surface area contributed by atoms with Gasteiger partial charge >= 0.3 is 5.97 Å². The fraction of sp³-hybridized carbons (Fsp3) is 0.615. The molecule has 0 aromatic carbocycles. The van der Waals surface area contributed by atoms with E-state index in [0.717, 1.165) is 43.9 Å². The van der Waals surface area contributed by atoms with E-state index in [0.29, 0.717) is 11.0 Å². The summed E-state index contributed by atoms with van der Waals surface area (Å²) in [5.41, 5.74) is -0.142. The van der Waals surface area contributed by atoms with Gasteiger partial charge in [-0.3, -0.25) is 4.79 Å². The van der Waals surface area contributed by atoms with Crippen LogP contribution < -0.4 is 4.90 Å². The van der Waals surface area contributed by atoms with Crippen LogP contribution in [0.3, 0.4) is 0 Å². The number of aromatic nitrogens is 1. The second-order valence-electron chi connectivity index (χ2n) is 4.97. The number of rotatable bonds is 5. The van der Waals surface area contributed by atoms with E-state index in [1.54, 1.807) is 0 Å². The van der Waals surface area contributed by atoms with E-state index in [4.69, 9.17) is 9.84 Å². The Kier molecular flexibility index (Phi) is 4.72. The fourth-order valence-electron chi connectivity index (χ4n) is 2.25. The largest absolute Gasteiger partial charge is 0.476 e. The van der Waals surface area contributed by atoms with Crippen LogP contribution in [0.25, 0.3) is 0 Å². The predicted octanol–water partition coefficient (Wildman–Crippen LogP) is 1.91. The van der Waals surface area contributed by atoms with E-state index in [2.05, 4.69) is 4.98 Å². The number of carbonyl (C=O) groups excluding carboxylic acids is 1. The first-order valence-electron chi connectivity index (χ1n) is 6.53. The normalized spacial score (nSPS) is 16.1. The number of anilines is 1. The van der Waals surface area contributed by atoms with Gasteiger partial charge in [0, 0.05) is 33.7 Å². The molecule has 1 N–H and O–H groups in total. The molecule has 110 valence electrons. The highest BCUT2D eigenvalue weighted by Crippen LogP contribution is 2.28. The number of Topliss-reactive ketones (excluding diaryl/α,β-unsaturated/α-hetero) is 1. The van der Waals surface area contributed by atoms with E-state index in [1.165, 1.54) is 6.92 Å². The Balaban J connectivity index is 2.13. The van der Waals surface area contributed by atoms with Crippen LogP contribution in [0.5, 0.6) is 0 Å². The van der Waals surface area contributed by atoms with Gasteiger partial charge in [0.2, 0.25) is 0 Å². The Labute approximate surface area is 121 Å². The summed E-state index contributed by atoms with van der Waals surface area (Å²) in [4.78, 5) is 28.8. The number of carboxylic acids is 1. The molecule has 0 unspecified atom stereocenters. The van der Waals surface area contributed by atoms with Gasteiger partial charge in [-0.15, -0.1) is 0 Å². The molecule has 20 heavy (non-hydrogen) atoms. The van der Waals surface area contributed by atoms with Crippen molar-refractivity contribution in [2.45, 2.75) is 19.8 Å². The highest BCUT2D eigenvalue weighted by atomic mass is 32.1. The first-order chi connectivity index (χ1) is 9.49. The maximum atomic E-state index is 11.5. The molecule has 1 aliphatic heterocycles. The van der Waals surface area contributed by atoms with Crippen molar-refractivity contribution in [1.82, 2.24) is 4.98 Å². The fourth-order valence-corrected chi connectivity index (χ4v) is 3.17. The molecule has 1 aliphatic rings. The van der Waals surface area contributed by atoms with Crippen LogP contribution in [-0.4, -0.2) is 48.6 Å². The monoisotopic (exact) mass is 298 g/mol. The number of nitrogens with zero attached hydrogens (tertiary/aromatic N) is 2. The van der Waals surface area contributed by atoms with E-state index in [1.807, 2.05) is 11.9 Å². The summed E-state index contributed by atoms with van der Waals surface area (Å²) in [5, 5.41) is 9.67. The van der Waals surface area contributed by atoms with Gasteiger partial charge in [-0.05, 0) is 18.8 Å². The van der Waals surface area contributed by atoms with Crippen molar-refractivity contribution in [3.05, 3.63) is 10.6 Å². The van der Waals surface area contributed by atoms with Crippen molar-refractivity contribution in [2.75, 3.05) is 31.7 Å². The summed E-state index contributed by atoms with van der Waals surface area (Å²) in [7, 11) is 1.88. The van der Waals surface area contributed by atoms with Gasteiger partial charge < -0.3 is 14.7 Å². The maximum absolute atomic E-state index is 11.5. The smallest absolute Gasteiger partial charge is 0.356 e. The van der Waals surface area contributed by atoms with E-state index in [-0.39, 0.29) is 16.4 Å². The van der Waals surface area contributed by atoms with Crippen molar-refractivity contribution in [3.63, 3.8) is 0 Å². The minimum atomic E-state index is -1.16. The van der Waals surface area contributed by atoms with Gasteiger partial charge in [-0.25, -0.2) is 9.78 Å². The number of carbonyl (C=O) groups is 2. The molecular formula is C13H18N2O4S. The average Bonchev–Trinajstić information content (AvgIpc) is 2.85. The molecule has 6 nitrogen and oxygen atoms in total. The highest BCUT2D eigenvalue weighted by Gasteiger charge is 2.23. The van der Waals surface area contributed by atoms with Gasteiger partial charge in [-0.2, -0.15) is 0 Å². The summed E-state index contributed by atoms with van der Waals surface area (Å²) in [5.74, 6) is -0.894. The number of ether oxygens (including phenoxy) is 1. The Morgan fingerprint density at radius 2 is 2.10 bits per heavy atom. The number of thiazole rings is 1. The van der Waals surface area contributed by atoms with Crippen LogP contribution in [0.2, 0.25) is 0 Å². The zero-order valence-corrected chi connectivity index (χ0v) is 12.4. The van der Waals surface area contributed by atoms with Gasteiger partial charge in [0.05, 0.1) is 0 Å². The first kappa shape index (κ1) is 14.9. The summed E-state index contributed by atoms with van der Waals surface area (Å²) in [6.45, 7) is 3.71. The lowest BCUT2D eigenvalue weighted by Crippen LogP contribution is -2.29. The quantitative estimate of drug-likeness (QED) is 0.836. The second-order valence-corrected chi connectivity index (χ2v) is 5.95. The minimum absolute atomic E-state index is 0.142. The summed E-state index contributed by atoms with van der Waals surface area (Å²) < 4.78 is 5.32. The van der Waals surface area contributed by atoms with Crippen LogP contribution >= 0.6 is 11.3 Å². The molecule has 2 rings (SSSR count). The molecule has 0 spiro atoms. The third-order valence-corrected chi connectivity index (χ3v) is 4.61. The van der Waals surface area contributed by atoms with Crippen LogP contribution in [0.15, 0.2) is 0 Å². The van der Waals surface area contributed by atoms with Crippen molar-refractivity contribution < 1.29 is 19.4 Å². The van der Waals surface area contributed by atoms with Crippen molar-refractivity contribution in [1.29, 1.82) is 0 Å². The van der Waals surface area contributed by atoms with Crippen molar-refractivity contribution in [3.8, 4) is 0 Å². The molecule has 2 heterocycles. The number of hydrogen-bond donors (Lipinski definition) is 1. The third kappa shape index (κ3) is 3.34. The minimum Gasteiger partial charge on any atom is -0.476 e. The molecule has 0 saturated carbocycles. The number of carboxylic acid groups (broad SMARTS) is 1. The summed E-state index contributed by atoms with van der Waals surface area (Å²) in [6.07, 6.45) is 2.00. The van der Waals surface area contributed by atoms with Crippen molar-refractivity contribution in [2.24, 2.45) is 5.92 Å². The van der Waals surface area contributed by atoms with Gasteiger partial charge in [0.25, 0.3) is 0 Å². The molecule has 7 heteroatoms. The zero-order valence-electron chi connectivity index (χ0n) is 11.6. The molecule has 1 fully saturated rings. The molecule has 0 atom stereocenters. The van der Waals surface area contributed by atoms with Gasteiger partial charge in [0.1, 0.15) is 4.88 Å². The molecule has 0 amide bonds.